The van der Waals surface area contributed by atoms with Gasteiger partial charge in [0.25, 0.3) is 0 Å². The van der Waals surface area contributed by atoms with Gasteiger partial charge in [-0.1, -0.05) is 12.1 Å². The molecule has 2 aliphatic rings. The van der Waals surface area contributed by atoms with Crippen LogP contribution in [0, 0.1) is 12.7 Å². The number of esters is 1. The highest BCUT2D eigenvalue weighted by Gasteiger charge is 2.50. The van der Waals surface area contributed by atoms with Gasteiger partial charge in [-0.3, -0.25) is 4.79 Å². The van der Waals surface area contributed by atoms with Crippen LogP contribution < -0.4 is 0 Å². The minimum absolute atomic E-state index is 0.320. The molecule has 0 spiro atoms. The Balaban J connectivity index is 1.92. The SMILES string of the molecule is COC(=O)C1(c2cccc(F)c2C)CCc2nc(C3CC3)ncc21. The van der Waals surface area contributed by atoms with Crippen LogP contribution in [0.4, 0.5) is 4.39 Å². The van der Waals surface area contributed by atoms with Crippen LogP contribution in [0.2, 0.25) is 0 Å². The Bertz CT molecular complexity index is 832. The van der Waals surface area contributed by atoms with Gasteiger partial charge in [0.1, 0.15) is 17.1 Å². The first-order chi connectivity index (χ1) is 11.6. The zero-order chi connectivity index (χ0) is 16.9. The van der Waals surface area contributed by atoms with Crippen LogP contribution in [0.3, 0.4) is 0 Å². The normalized spacial score (nSPS) is 22.3. The van der Waals surface area contributed by atoms with Gasteiger partial charge >= 0.3 is 5.97 Å². The topological polar surface area (TPSA) is 52.1 Å². The lowest BCUT2D eigenvalue weighted by atomic mass is 9.74. The summed E-state index contributed by atoms with van der Waals surface area (Å²) in [5.74, 6) is 0.627. The number of carbonyl (C=O) groups is 1. The monoisotopic (exact) mass is 326 g/mol. The van der Waals surface area contributed by atoms with Crippen molar-refractivity contribution >= 4 is 5.97 Å². The summed E-state index contributed by atoms with van der Waals surface area (Å²) >= 11 is 0. The molecule has 0 radical (unpaired) electrons. The first kappa shape index (κ1) is 15.2. The van der Waals surface area contributed by atoms with Crippen LogP contribution >= 0.6 is 0 Å². The van der Waals surface area contributed by atoms with E-state index in [4.69, 9.17) is 9.72 Å². The van der Waals surface area contributed by atoms with Crippen LogP contribution in [0.25, 0.3) is 0 Å². The van der Waals surface area contributed by atoms with Gasteiger partial charge in [-0.05, 0) is 49.8 Å². The van der Waals surface area contributed by atoms with Gasteiger partial charge in [-0.15, -0.1) is 0 Å². The molecule has 24 heavy (non-hydrogen) atoms. The van der Waals surface area contributed by atoms with E-state index in [2.05, 4.69) is 4.98 Å². The first-order valence-electron chi connectivity index (χ1n) is 8.28. The standard InChI is InChI=1S/C19H19FN2O2/c1-11-13(4-3-5-15(11)20)19(18(23)24-2)9-8-16-14(19)10-21-17(22-16)12-6-7-12/h3-5,10,12H,6-9H2,1-2H3. The molecule has 2 aliphatic carbocycles. The second-order valence-electron chi connectivity index (χ2n) is 6.67. The highest BCUT2D eigenvalue weighted by atomic mass is 19.1. The highest BCUT2D eigenvalue weighted by molar-refractivity contribution is 5.89. The fourth-order valence-corrected chi connectivity index (χ4v) is 3.80. The molecule has 4 nitrogen and oxygen atoms in total. The lowest BCUT2D eigenvalue weighted by Crippen LogP contribution is -2.37. The van der Waals surface area contributed by atoms with Crippen molar-refractivity contribution in [3.05, 3.63) is 58.4 Å². The fraction of sp³-hybridized carbons (Fsp3) is 0.421. The first-order valence-corrected chi connectivity index (χ1v) is 8.28. The number of rotatable bonds is 3. The molecule has 1 heterocycles. The number of methoxy groups -OCH3 is 1. The molecule has 1 aromatic heterocycles. The second-order valence-corrected chi connectivity index (χ2v) is 6.67. The van der Waals surface area contributed by atoms with E-state index in [9.17, 15) is 9.18 Å². The molecule has 0 bridgehead atoms. The van der Waals surface area contributed by atoms with Crippen molar-refractivity contribution in [2.24, 2.45) is 0 Å². The zero-order valence-corrected chi connectivity index (χ0v) is 13.8. The Hall–Kier alpha value is -2.30. The third kappa shape index (κ3) is 2.07. The van der Waals surface area contributed by atoms with Gasteiger partial charge in [0.2, 0.25) is 0 Å². The number of aryl methyl sites for hydroxylation is 1. The quantitative estimate of drug-likeness (QED) is 0.813. The van der Waals surface area contributed by atoms with E-state index >= 15 is 0 Å². The van der Waals surface area contributed by atoms with E-state index in [1.807, 2.05) is 0 Å². The minimum Gasteiger partial charge on any atom is -0.468 e. The molecule has 1 saturated carbocycles. The number of hydrogen-bond donors (Lipinski definition) is 0. The molecule has 4 rings (SSSR count). The lowest BCUT2D eigenvalue weighted by Gasteiger charge is -2.29. The Morgan fingerprint density at radius 3 is 2.83 bits per heavy atom. The third-order valence-electron chi connectivity index (χ3n) is 5.29. The highest BCUT2D eigenvalue weighted by Crippen LogP contribution is 2.47. The Kier molecular flexibility index (Phi) is 3.41. The Morgan fingerprint density at radius 2 is 2.12 bits per heavy atom. The van der Waals surface area contributed by atoms with Crippen molar-refractivity contribution in [1.82, 2.24) is 9.97 Å². The van der Waals surface area contributed by atoms with Crippen LogP contribution in [0.5, 0.6) is 0 Å². The van der Waals surface area contributed by atoms with E-state index in [0.29, 0.717) is 29.9 Å². The molecule has 124 valence electrons. The van der Waals surface area contributed by atoms with E-state index < -0.39 is 5.41 Å². The second kappa shape index (κ2) is 5.36. The molecule has 0 amide bonds. The van der Waals surface area contributed by atoms with E-state index in [-0.39, 0.29) is 11.8 Å². The molecule has 1 unspecified atom stereocenters. The van der Waals surface area contributed by atoms with E-state index in [1.165, 1.54) is 13.2 Å². The molecule has 5 heteroatoms. The maximum atomic E-state index is 14.1. The maximum absolute atomic E-state index is 14.1. The third-order valence-corrected chi connectivity index (χ3v) is 5.29. The van der Waals surface area contributed by atoms with Crippen LogP contribution in [-0.4, -0.2) is 23.0 Å². The van der Waals surface area contributed by atoms with Crippen molar-refractivity contribution in [2.75, 3.05) is 7.11 Å². The number of carbonyl (C=O) groups excluding carboxylic acids is 1. The van der Waals surface area contributed by atoms with Crippen molar-refractivity contribution < 1.29 is 13.9 Å². The number of nitrogens with zero attached hydrogens (tertiary/aromatic N) is 2. The van der Waals surface area contributed by atoms with E-state index in [0.717, 1.165) is 29.9 Å². The van der Waals surface area contributed by atoms with Gasteiger partial charge in [0.15, 0.2) is 0 Å². The van der Waals surface area contributed by atoms with Gasteiger partial charge in [0.05, 0.1) is 7.11 Å². The number of hydrogen-bond acceptors (Lipinski definition) is 4. The van der Waals surface area contributed by atoms with Gasteiger partial charge in [-0.25, -0.2) is 14.4 Å². The molecule has 0 aliphatic heterocycles. The predicted molar refractivity (Wildman–Crippen MR) is 86.3 cm³/mol. The number of halogens is 1. The average Bonchev–Trinajstić information content (AvgIpc) is 3.38. The molecule has 1 aromatic carbocycles. The van der Waals surface area contributed by atoms with Crippen molar-refractivity contribution in [1.29, 1.82) is 0 Å². The van der Waals surface area contributed by atoms with Crippen molar-refractivity contribution in [3.63, 3.8) is 0 Å². The molecule has 0 N–H and O–H groups in total. The molecule has 1 atom stereocenters. The number of aromatic nitrogens is 2. The maximum Gasteiger partial charge on any atom is 0.320 e. The van der Waals surface area contributed by atoms with Crippen LogP contribution in [0.1, 0.15) is 53.4 Å². The van der Waals surface area contributed by atoms with Gasteiger partial charge < -0.3 is 4.74 Å². The summed E-state index contributed by atoms with van der Waals surface area (Å²) in [5.41, 5.74) is 1.75. The van der Waals surface area contributed by atoms with Crippen molar-refractivity contribution in [3.8, 4) is 0 Å². The number of benzene rings is 1. The number of fused-ring (bicyclic) bond motifs is 1. The summed E-state index contributed by atoms with van der Waals surface area (Å²) < 4.78 is 19.3. The summed E-state index contributed by atoms with van der Waals surface area (Å²) in [6.45, 7) is 1.70. The average molecular weight is 326 g/mol. The van der Waals surface area contributed by atoms with Crippen molar-refractivity contribution in [2.45, 2.75) is 43.9 Å². The van der Waals surface area contributed by atoms with Crippen LogP contribution in [0.15, 0.2) is 24.4 Å². The smallest absolute Gasteiger partial charge is 0.320 e. The Morgan fingerprint density at radius 1 is 1.33 bits per heavy atom. The molecule has 0 saturated heterocycles. The summed E-state index contributed by atoms with van der Waals surface area (Å²) in [5, 5.41) is 0. The largest absolute Gasteiger partial charge is 0.468 e. The van der Waals surface area contributed by atoms with E-state index in [1.54, 1.807) is 25.3 Å². The summed E-state index contributed by atoms with van der Waals surface area (Å²) in [4.78, 5) is 22.0. The molecular formula is C19H19FN2O2. The number of ether oxygens (including phenoxy) is 1. The summed E-state index contributed by atoms with van der Waals surface area (Å²) in [7, 11) is 1.37. The van der Waals surface area contributed by atoms with Gasteiger partial charge in [-0.2, -0.15) is 0 Å². The fourth-order valence-electron chi connectivity index (χ4n) is 3.80. The molecule has 1 fully saturated rings. The predicted octanol–water partition coefficient (Wildman–Crippen LogP) is 3.21. The van der Waals surface area contributed by atoms with Crippen LogP contribution in [-0.2, 0) is 21.4 Å². The Labute approximate surface area is 140 Å². The summed E-state index contributed by atoms with van der Waals surface area (Å²) in [6, 6.07) is 4.85. The summed E-state index contributed by atoms with van der Waals surface area (Å²) in [6.07, 6.45) is 5.21. The minimum atomic E-state index is -1.02. The lowest BCUT2D eigenvalue weighted by molar-refractivity contribution is -0.145. The van der Waals surface area contributed by atoms with Gasteiger partial charge in [0, 0.05) is 23.4 Å². The zero-order valence-electron chi connectivity index (χ0n) is 13.8. The molecule has 2 aromatic rings. The molecular weight excluding hydrogens is 307 g/mol.